The van der Waals surface area contributed by atoms with Crippen LogP contribution in [-0.2, 0) is 4.79 Å². The van der Waals surface area contributed by atoms with Crippen molar-refractivity contribution < 1.29 is 14.1 Å². The maximum absolute atomic E-state index is 13.4. The number of pyridine rings is 1. The predicted molar refractivity (Wildman–Crippen MR) is 118 cm³/mol. The molecule has 1 N–H and O–H groups in total. The Kier molecular flexibility index (Phi) is 4.86. The molecule has 7 heteroatoms. The van der Waals surface area contributed by atoms with Gasteiger partial charge in [-0.15, -0.1) is 0 Å². The number of aryl methyl sites for hydroxylation is 1. The maximum Gasteiger partial charge on any atom is 0.256 e. The van der Waals surface area contributed by atoms with Crippen molar-refractivity contribution in [2.75, 3.05) is 18.4 Å². The minimum atomic E-state index is -0.160. The number of anilines is 1. The second kappa shape index (κ2) is 7.83. The Morgan fingerprint density at radius 3 is 2.61 bits per heavy atom. The van der Waals surface area contributed by atoms with Gasteiger partial charge in [0.1, 0.15) is 5.76 Å². The molecule has 1 aliphatic heterocycles. The average molecular weight is 414 g/mol. The first kappa shape index (κ1) is 19.2. The first-order chi connectivity index (χ1) is 15.1. The van der Waals surface area contributed by atoms with E-state index < -0.39 is 0 Å². The Hall–Kier alpha value is -3.74. The fraction of sp³-hybridized carbons (Fsp3) is 0.250. The molecule has 0 bridgehead atoms. The van der Waals surface area contributed by atoms with Crippen molar-refractivity contribution in [1.82, 2.24) is 15.0 Å². The summed E-state index contributed by atoms with van der Waals surface area (Å²) < 4.78 is 4.99. The van der Waals surface area contributed by atoms with Gasteiger partial charge in [0, 0.05) is 36.7 Å². The largest absolute Gasteiger partial charge is 0.360 e. The van der Waals surface area contributed by atoms with E-state index in [2.05, 4.69) is 15.5 Å². The maximum atomic E-state index is 13.4. The van der Waals surface area contributed by atoms with Crippen molar-refractivity contribution in [1.29, 1.82) is 0 Å². The van der Waals surface area contributed by atoms with Crippen molar-refractivity contribution in [2.45, 2.75) is 19.8 Å². The number of benzene rings is 2. The van der Waals surface area contributed by atoms with Crippen LogP contribution in [0.1, 0.15) is 29.0 Å². The Morgan fingerprint density at radius 1 is 1.06 bits per heavy atom. The summed E-state index contributed by atoms with van der Waals surface area (Å²) in [5.74, 6) is 0.785. The molecule has 1 fully saturated rings. The first-order valence-corrected chi connectivity index (χ1v) is 10.4. The molecule has 0 saturated carbocycles. The number of fused-ring (bicyclic) bond motifs is 3. The molecular formula is C24H22N4O3. The van der Waals surface area contributed by atoms with Crippen LogP contribution >= 0.6 is 0 Å². The zero-order chi connectivity index (χ0) is 21.4. The van der Waals surface area contributed by atoms with Crippen molar-refractivity contribution in [3.8, 4) is 0 Å². The van der Waals surface area contributed by atoms with Crippen molar-refractivity contribution in [3.05, 3.63) is 66.1 Å². The highest BCUT2D eigenvalue weighted by molar-refractivity contribution is 6.15. The Balaban J connectivity index is 1.34. The molecule has 2 aromatic heterocycles. The lowest BCUT2D eigenvalue weighted by Crippen LogP contribution is -2.41. The van der Waals surface area contributed by atoms with Gasteiger partial charge >= 0.3 is 0 Å². The molecule has 156 valence electrons. The van der Waals surface area contributed by atoms with Gasteiger partial charge < -0.3 is 14.7 Å². The lowest BCUT2D eigenvalue weighted by Gasteiger charge is -2.31. The number of rotatable bonds is 3. The van der Waals surface area contributed by atoms with Gasteiger partial charge in [0.25, 0.3) is 5.91 Å². The third-order valence-electron chi connectivity index (χ3n) is 5.88. The summed E-state index contributed by atoms with van der Waals surface area (Å²) in [5.41, 5.74) is 1.32. The molecule has 0 spiro atoms. The molecule has 0 unspecified atom stereocenters. The van der Waals surface area contributed by atoms with Crippen LogP contribution in [-0.4, -0.2) is 39.9 Å². The fourth-order valence-corrected chi connectivity index (χ4v) is 4.26. The van der Waals surface area contributed by atoms with Gasteiger partial charge in [-0.05, 0) is 42.7 Å². The molecule has 0 atom stereocenters. The number of hydrogen-bond donors (Lipinski definition) is 1. The van der Waals surface area contributed by atoms with Gasteiger partial charge in [-0.3, -0.25) is 14.6 Å². The van der Waals surface area contributed by atoms with E-state index in [0.29, 0.717) is 48.6 Å². The van der Waals surface area contributed by atoms with E-state index in [9.17, 15) is 9.59 Å². The van der Waals surface area contributed by atoms with Crippen LogP contribution in [0.3, 0.4) is 0 Å². The van der Waals surface area contributed by atoms with E-state index in [0.717, 1.165) is 16.2 Å². The van der Waals surface area contributed by atoms with E-state index in [1.165, 1.54) is 0 Å². The van der Waals surface area contributed by atoms with Crippen molar-refractivity contribution >= 4 is 39.3 Å². The number of carbonyl (C=O) groups is 2. The molecule has 0 aliphatic carbocycles. The van der Waals surface area contributed by atoms with Gasteiger partial charge in [-0.25, -0.2) is 0 Å². The summed E-state index contributed by atoms with van der Waals surface area (Å²) in [4.78, 5) is 32.3. The predicted octanol–water partition coefficient (Wildman–Crippen LogP) is 4.18. The van der Waals surface area contributed by atoms with Crippen LogP contribution in [0.15, 0.2) is 59.3 Å². The number of nitrogens with zero attached hydrogens (tertiary/aromatic N) is 3. The smallest absolute Gasteiger partial charge is 0.256 e. The van der Waals surface area contributed by atoms with E-state index in [-0.39, 0.29) is 17.7 Å². The number of amides is 2. The highest BCUT2D eigenvalue weighted by atomic mass is 16.5. The molecule has 3 heterocycles. The van der Waals surface area contributed by atoms with E-state index in [1.807, 2.05) is 47.4 Å². The van der Waals surface area contributed by atoms with Gasteiger partial charge in [-0.2, -0.15) is 0 Å². The Labute approximate surface area is 179 Å². The summed E-state index contributed by atoms with van der Waals surface area (Å²) in [6, 6.07) is 15.5. The Morgan fingerprint density at radius 2 is 1.84 bits per heavy atom. The van der Waals surface area contributed by atoms with Gasteiger partial charge in [0.15, 0.2) is 5.82 Å². The third kappa shape index (κ3) is 3.63. The third-order valence-corrected chi connectivity index (χ3v) is 5.88. The van der Waals surface area contributed by atoms with Crippen LogP contribution in [0.2, 0.25) is 0 Å². The highest BCUT2D eigenvalue weighted by Crippen LogP contribution is 2.29. The molecule has 4 aromatic rings. The zero-order valence-corrected chi connectivity index (χ0v) is 17.2. The van der Waals surface area contributed by atoms with Crippen LogP contribution in [0, 0.1) is 12.8 Å². The summed E-state index contributed by atoms with van der Waals surface area (Å²) in [7, 11) is 0. The quantitative estimate of drug-likeness (QED) is 0.508. The lowest BCUT2D eigenvalue weighted by molar-refractivity contribution is -0.121. The summed E-state index contributed by atoms with van der Waals surface area (Å²) in [6.07, 6.45) is 2.93. The number of aromatic nitrogens is 2. The van der Waals surface area contributed by atoms with Crippen LogP contribution in [0.4, 0.5) is 5.82 Å². The normalized spacial score (nSPS) is 14.8. The highest BCUT2D eigenvalue weighted by Gasteiger charge is 2.29. The molecule has 2 aromatic carbocycles. The Bertz CT molecular complexity index is 1290. The standard InChI is InChI=1S/C24H22N4O3/c1-15-13-21(27-31-15)26-23(29)16-8-11-28(12-9-16)24(30)20-14-17-5-2-3-6-18(17)19-7-4-10-25-22(19)20/h2-7,10,13-14,16H,8-9,11-12H2,1H3,(H,26,27,29). The number of carbonyl (C=O) groups excluding carboxylic acids is 2. The first-order valence-electron chi connectivity index (χ1n) is 10.4. The second-order valence-electron chi connectivity index (χ2n) is 7.92. The lowest BCUT2D eigenvalue weighted by atomic mass is 9.94. The average Bonchev–Trinajstić information content (AvgIpc) is 3.22. The van der Waals surface area contributed by atoms with Crippen LogP contribution in [0.25, 0.3) is 21.7 Å². The molecule has 7 nitrogen and oxygen atoms in total. The number of hydrogen-bond acceptors (Lipinski definition) is 5. The fourth-order valence-electron chi connectivity index (χ4n) is 4.26. The van der Waals surface area contributed by atoms with Crippen LogP contribution < -0.4 is 5.32 Å². The molecule has 0 radical (unpaired) electrons. The molecule has 5 rings (SSSR count). The van der Waals surface area contributed by atoms with Crippen molar-refractivity contribution in [3.63, 3.8) is 0 Å². The summed E-state index contributed by atoms with van der Waals surface area (Å²) >= 11 is 0. The second-order valence-corrected chi connectivity index (χ2v) is 7.92. The summed E-state index contributed by atoms with van der Waals surface area (Å²) in [6.45, 7) is 2.82. The minimum Gasteiger partial charge on any atom is -0.360 e. The topological polar surface area (TPSA) is 88.3 Å². The SMILES string of the molecule is Cc1cc(NC(=O)C2CCN(C(=O)c3cc4ccccc4c4cccnc34)CC2)no1. The zero-order valence-electron chi connectivity index (χ0n) is 17.2. The van der Waals surface area contributed by atoms with Crippen molar-refractivity contribution in [2.24, 2.45) is 5.92 Å². The van der Waals surface area contributed by atoms with E-state index >= 15 is 0 Å². The molecule has 1 saturated heterocycles. The summed E-state index contributed by atoms with van der Waals surface area (Å²) in [5, 5.41) is 9.68. The molecule has 2 amide bonds. The van der Waals surface area contributed by atoms with Gasteiger partial charge in [0.05, 0.1) is 11.1 Å². The molecule has 1 aliphatic rings. The number of piperidine rings is 1. The number of nitrogens with one attached hydrogen (secondary N) is 1. The van der Waals surface area contributed by atoms with Crippen LogP contribution in [0.5, 0.6) is 0 Å². The number of likely N-dealkylation sites (tertiary alicyclic amines) is 1. The van der Waals surface area contributed by atoms with Gasteiger partial charge in [-0.1, -0.05) is 35.5 Å². The van der Waals surface area contributed by atoms with E-state index in [4.69, 9.17) is 4.52 Å². The monoisotopic (exact) mass is 414 g/mol. The van der Waals surface area contributed by atoms with E-state index in [1.54, 1.807) is 19.2 Å². The molecule has 31 heavy (non-hydrogen) atoms. The molecular weight excluding hydrogens is 392 g/mol. The van der Waals surface area contributed by atoms with Gasteiger partial charge in [0.2, 0.25) is 5.91 Å². The minimum absolute atomic E-state index is 0.0413.